The predicted molar refractivity (Wildman–Crippen MR) is 101 cm³/mol. The van der Waals surface area contributed by atoms with Gasteiger partial charge in [-0.25, -0.2) is 4.79 Å². The quantitative estimate of drug-likeness (QED) is 0.338. The monoisotopic (exact) mass is 390 g/mol. The van der Waals surface area contributed by atoms with Crippen LogP contribution in [-0.2, 0) is 26.4 Å². The Balaban J connectivity index is 2.32. The van der Waals surface area contributed by atoms with Crippen LogP contribution in [0.3, 0.4) is 0 Å². The van der Waals surface area contributed by atoms with Crippen molar-refractivity contribution in [1.82, 2.24) is 10.3 Å². The smallest absolute Gasteiger partial charge is 0.352 e. The molecule has 1 heterocycles. The topological polar surface area (TPSA) is 146 Å². The van der Waals surface area contributed by atoms with Crippen LogP contribution in [0.25, 0.3) is 11.1 Å². The van der Waals surface area contributed by atoms with Gasteiger partial charge in [-0.3, -0.25) is 0 Å². The molecular formula is C20H26N2O6. The highest BCUT2D eigenvalue weighted by molar-refractivity contribution is 5.92. The first-order valence-electron chi connectivity index (χ1n) is 9.25. The van der Waals surface area contributed by atoms with E-state index in [1.165, 1.54) is 0 Å². The molecule has 0 spiro atoms. The number of H-pyrrole nitrogens is 1. The first-order valence-corrected chi connectivity index (χ1v) is 9.25. The summed E-state index contributed by atoms with van der Waals surface area (Å²) in [4.78, 5) is 14.8. The predicted octanol–water partition coefficient (Wildman–Crippen LogP) is 1.02. The van der Waals surface area contributed by atoms with Gasteiger partial charge in [0.15, 0.2) is 0 Å². The van der Waals surface area contributed by atoms with Crippen molar-refractivity contribution in [2.75, 3.05) is 7.05 Å². The normalized spacial score (nSPS) is 15.0. The number of benzene rings is 1. The third-order valence-corrected chi connectivity index (χ3v) is 5.33. The van der Waals surface area contributed by atoms with Gasteiger partial charge in [0.1, 0.15) is 5.69 Å². The average molecular weight is 390 g/mol. The maximum absolute atomic E-state index is 11.9. The molecule has 0 bridgehead atoms. The van der Waals surface area contributed by atoms with Crippen LogP contribution in [0.15, 0.2) is 12.1 Å². The van der Waals surface area contributed by atoms with Crippen molar-refractivity contribution < 1.29 is 30.3 Å². The van der Waals surface area contributed by atoms with Gasteiger partial charge in [0.25, 0.3) is 0 Å². The lowest BCUT2D eigenvalue weighted by molar-refractivity contribution is 0.0681. The molecule has 0 radical (unpaired) electrons. The molecule has 8 heteroatoms. The molecule has 1 unspecified atom stereocenters. The van der Waals surface area contributed by atoms with Gasteiger partial charge in [0.2, 0.25) is 0 Å². The highest BCUT2D eigenvalue weighted by atomic mass is 16.4. The van der Waals surface area contributed by atoms with Crippen molar-refractivity contribution in [3.63, 3.8) is 0 Å². The summed E-state index contributed by atoms with van der Waals surface area (Å²) in [5.41, 5.74) is 3.17. The van der Waals surface area contributed by atoms with Crippen LogP contribution in [0.1, 0.15) is 57.4 Å². The lowest BCUT2D eigenvalue weighted by Gasteiger charge is -2.19. The molecule has 2 aromatic rings. The van der Waals surface area contributed by atoms with Crippen molar-refractivity contribution in [3.05, 3.63) is 45.8 Å². The molecule has 7 N–H and O–H groups in total. The second kappa shape index (κ2) is 8.42. The number of hydrogen-bond acceptors (Lipinski definition) is 6. The average Bonchev–Trinajstić information content (AvgIpc) is 3.47. The Morgan fingerprint density at radius 1 is 1.18 bits per heavy atom. The second-order valence-electron chi connectivity index (χ2n) is 7.09. The van der Waals surface area contributed by atoms with Crippen molar-refractivity contribution in [1.29, 1.82) is 0 Å². The molecule has 0 aliphatic heterocycles. The maximum Gasteiger partial charge on any atom is 0.352 e. The van der Waals surface area contributed by atoms with Crippen LogP contribution in [-0.4, -0.2) is 43.5 Å². The summed E-state index contributed by atoms with van der Waals surface area (Å²) in [6.07, 6.45) is 0.707. The number of aliphatic hydroxyl groups excluding tert-OH is 4. The van der Waals surface area contributed by atoms with Crippen molar-refractivity contribution in [3.8, 4) is 11.1 Å². The largest absolute Gasteiger partial charge is 0.477 e. The number of carboxylic acids is 1. The fourth-order valence-corrected chi connectivity index (χ4v) is 3.80. The summed E-state index contributed by atoms with van der Waals surface area (Å²) in [6, 6.07) is 3.33. The van der Waals surface area contributed by atoms with E-state index in [9.17, 15) is 30.3 Å². The van der Waals surface area contributed by atoms with E-state index < -0.39 is 18.7 Å². The van der Waals surface area contributed by atoms with Crippen LogP contribution in [0.2, 0.25) is 0 Å². The summed E-state index contributed by atoms with van der Waals surface area (Å²) in [5, 5.41) is 52.9. The van der Waals surface area contributed by atoms with Crippen LogP contribution in [0.4, 0.5) is 0 Å². The van der Waals surface area contributed by atoms with E-state index in [2.05, 4.69) is 10.3 Å². The summed E-state index contributed by atoms with van der Waals surface area (Å²) >= 11 is 0. The Hall–Kier alpha value is -2.23. The highest BCUT2D eigenvalue weighted by Crippen LogP contribution is 2.47. The third kappa shape index (κ3) is 3.57. The number of hydrogen-bond donors (Lipinski definition) is 7. The Morgan fingerprint density at radius 3 is 2.36 bits per heavy atom. The van der Waals surface area contributed by atoms with Crippen LogP contribution >= 0.6 is 0 Å². The zero-order valence-corrected chi connectivity index (χ0v) is 15.7. The Morgan fingerprint density at radius 2 is 1.86 bits per heavy atom. The van der Waals surface area contributed by atoms with E-state index in [4.69, 9.17) is 0 Å². The number of carbonyl (C=O) groups is 1. The molecule has 1 atom stereocenters. The molecule has 1 aliphatic carbocycles. The van der Waals surface area contributed by atoms with Crippen LogP contribution in [0, 0.1) is 5.92 Å². The van der Waals surface area contributed by atoms with Gasteiger partial charge in [-0.1, -0.05) is 12.1 Å². The third-order valence-electron chi connectivity index (χ3n) is 5.33. The lowest BCUT2D eigenvalue weighted by atomic mass is 9.88. The molecule has 28 heavy (non-hydrogen) atoms. The fourth-order valence-electron chi connectivity index (χ4n) is 3.80. The molecule has 1 fully saturated rings. The van der Waals surface area contributed by atoms with E-state index in [0.717, 1.165) is 12.8 Å². The van der Waals surface area contributed by atoms with E-state index in [0.29, 0.717) is 45.6 Å². The van der Waals surface area contributed by atoms with Crippen molar-refractivity contribution in [2.24, 2.45) is 5.92 Å². The second-order valence-corrected chi connectivity index (χ2v) is 7.09. The standard InChI is InChI=1S/C20H26N2O6/c1-21-6-15-16(12-5-4-11(7-23)13(8-24)14(12)9-25)17(18(22-15)20(27)28)19(26)10-2-3-10/h4-5,10,19,21-26H,2-3,6-9H2,1H3,(H,27,28). The van der Waals surface area contributed by atoms with Gasteiger partial charge in [-0.2, -0.15) is 0 Å². The molecule has 1 aromatic carbocycles. The Labute approximate surface area is 162 Å². The fraction of sp³-hybridized carbons (Fsp3) is 0.450. The van der Waals surface area contributed by atoms with Gasteiger partial charge >= 0.3 is 5.97 Å². The molecular weight excluding hydrogens is 364 g/mol. The summed E-state index contributed by atoms with van der Waals surface area (Å²) in [6.45, 7) is -0.742. The number of carboxylic acid groups (broad SMARTS) is 1. The summed E-state index contributed by atoms with van der Waals surface area (Å²) in [5.74, 6) is -1.17. The van der Waals surface area contributed by atoms with Crippen LogP contribution in [0.5, 0.6) is 0 Å². The minimum absolute atomic E-state index is 0.00156. The Bertz CT molecular complexity index is 872. The van der Waals surface area contributed by atoms with E-state index >= 15 is 0 Å². The molecule has 1 aliphatic rings. The molecule has 1 aromatic heterocycles. The lowest BCUT2D eigenvalue weighted by Crippen LogP contribution is -2.10. The molecule has 3 rings (SSSR count). The minimum atomic E-state index is -1.17. The van der Waals surface area contributed by atoms with Crippen molar-refractivity contribution >= 4 is 5.97 Å². The number of aliphatic hydroxyl groups is 4. The maximum atomic E-state index is 11.9. The number of rotatable bonds is 9. The number of aromatic carboxylic acids is 1. The molecule has 1 saturated carbocycles. The zero-order valence-electron chi connectivity index (χ0n) is 15.7. The minimum Gasteiger partial charge on any atom is -0.477 e. The highest BCUT2D eigenvalue weighted by Gasteiger charge is 2.37. The molecule has 152 valence electrons. The zero-order chi connectivity index (χ0) is 20.4. The number of aromatic nitrogens is 1. The van der Waals surface area contributed by atoms with E-state index in [1.54, 1.807) is 19.2 Å². The molecule has 0 saturated heterocycles. The number of aromatic amines is 1. The first kappa shape index (κ1) is 20.5. The molecule has 8 nitrogen and oxygen atoms in total. The summed E-state index contributed by atoms with van der Waals surface area (Å²) in [7, 11) is 1.73. The molecule has 0 amide bonds. The van der Waals surface area contributed by atoms with Gasteiger partial charge in [0.05, 0.1) is 25.9 Å². The van der Waals surface area contributed by atoms with Crippen molar-refractivity contribution in [2.45, 2.75) is 45.3 Å². The number of nitrogens with one attached hydrogen (secondary N) is 2. The van der Waals surface area contributed by atoms with Gasteiger partial charge in [-0.05, 0) is 48.1 Å². The van der Waals surface area contributed by atoms with Crippen LogP contribution < -0.4 is 5.32 Å². The van der Waals surface area contributed by atoms with Gasteiger partial charge in [-0.15, -0.1) is 0 Å². The van der Waals surface area contributed by atoms with Gasteiger partial charge < -0.3 is 35.8 Å². The van der Waals surface area contributed by atoms with E-state index in [1.807, 2.05) is 0 Å². The Kier molecular flexibility index (Phi) is 6.17. The van der Waals surface area contributed by atoms with E-state index in [-0.39, 0.29) is 24.8 Å². The van der Waals surface area contributed by atoms with Gasteiger partial charge in [0, 0.05) is 23.4 Å². The SMILES string of the molecule is CNCc1[nH]c(C(=O)O)c(C(O)C2CC2)c1-c1ccc(CO)c(CO)c1CO. The first-order chi connectivity index (χ1) is 13.5. The summed E-state index contributed by atoms with van der Waals surface area (Å²) < 4.78 is 0.